The van der Waals surface area contributed by atoms with Crippen molar-refractivity contribution in [2.24, 2.45) is 0 Å². The molecule has 21 heavy (non-hydrogen) atoms. The number of aromatic nitrogens is 2. The van der Waals surface area contributed by atoms with Crippen LogP contribution in [0.4, 0.5) is 23.4 Å². The zero-order valence-corrected chi connectivity index (χ0v) is 11.0. The van der Waals surface area contributed by atoms with Crippen molar-refractivity contribution in [2.45, 2.75) is 12.7 Å². The van der Waals surface area contributed by atoms with Crippen LogP contribution in [0.25, 0.3) is 0 Å². The molecule has 0 spiro atoms. The predicted molar refractivity (Wildman–Crippen MR) is 67.4 cm³/mol. The zero-order chi connectivity index (χ0) is 15.6. The minimum Gasteiger partial charge on any atom is -0.300 e. The number of nitrogens with zero attached hydrogens (tertiary/aromatic N) is 2. The number of carbonyl (C=O) groups excluding carboxylic acids is 1. The highest BCUT2D eigenvalue weighted by Gasteiger charge is 2.39. The Labute approximate surface area is 121 Å². The first kappa shape index (κ1) is 15.3. The average molecular weight is 322 g/mol. The third-order valence-corrected chi connectivity index (χ3v) is 2.77. The lowest BCUT2D eigenvalue weighted by atomic mass is 10.2. The molecular formula is C12H8ClF4N3O. The van der Waals surface area contributed by atoms with Gasteiger partial charge in [-0.2, -0.15) is 18.3 Å². The van der Waals surface area contributed by atoms with Crippen LogP contribution < -0.4 is 5.32 Å². The molecule has 1 amide bonds. The third-order valence-electron chi connectivity index (χ3n) is 2.50. The second-order valence-electron chi connectivity index (χ2n) is 4.07. The summed E-state index contributed by atoms with van der Waals surface area (Å²) in [6.45, 7) is -0.0335. The fourth-order valence-electron chi connectivity index (χ4n) is 1.54. The Morgan fingerprint density at radius 1 is 1.33 bits per heavy atom. The van der Waals surface area contributed by atoms with Gasteiger partial charge in [-0.1, -0.05) is 29.8 Å². The van der Waals surface area contributed by atoms with Crippen molar-refractivity contribution in [1.82, 2.24) is 9.78 Å². The fraction of sp³-hybridized carbons (Fsp3) is 0.167. The van der Waals surface area contributed by atoms with Crippen LogP contribution in [-0.2, 0) is 11.3 Å². The standard InChI is InChI=1S/C12H8ClF4N3O/c13-8-6-20(5-7-3-1-2-4-9(7)14)19-10(8)18-11(21)12(15,16)17/h1-4,6H,5H2,(H,18,19,21). The Morgan fingerprint density at radius 2 is 2.00 bits per heavy atom. The minimum atomic E-state index is -5.04. The van der Waals surface area contributed by atoms with Gasteiger partial charge in [0.2, 0.25) is 0 Å². The molecule has 2 aromatic rings. The Morgan fingerprint density at radius 3 is 2.62 bits per heavy atom. The molecule has 0 saturated heterocycles. The highest BCUT2D eigenvalue weighted by molar-refractivity contribution is 6.33. The van der Waals surface area contributed by atoms with Gasteiger partial charge in [-0.3, -0.25) is 9.48 Å². The van der Waals surface area contributed by atoms with Crippen LogP contribution in [0, 0.1) is 5.82 Å². The van der Waals surface area contributed by atoms with Crippen molar-refractivity contribution in [1.29, 1.82) is 0 Å². The number of amides is 1. The van der Waals surface area contributed by atoms with E-state index in [2.05, 4.69) is 5.10 Å². The van der Waals surface area contributed by atoms with Crippen LogP contribution in [0.1, 0.15) is 5.56 Å². The number of alkyl halides is 3. The molecule has 2 rings (SSSR count). The number of anilines is 1. The van der Waals surface area contributed by atoms with Gasteiger partial charge in [0.05, 0.1) is 6.54 Å². The Balaban J connectivity index is 2.16. The zero-order valence-electron chi connectivity index (χ0n) is 10.3. The molecule has 0 saturated carbocycles. The highest BCUT2D eigenvalue weighted by Crippen LogP contribution is 2.23. The molecule has 1 N–H and O–H groups in total. The fourth-order valence-corrected chi connectivity index (χ4v) is 1.74. The quantitative estimate of drug-likeness (QED) is 0.882. The first-order chi connectivity index (χ1) is 9.77. The summed E-state index contributed by atoms with van der Waals surface area (Å²) in [5, 5.41) is 5.06. The van der Waals surface area contributed by atoms with E-state index in [0.29, 0.717) is 0 Å². The molecule has 0 bridgehead atoms. The van der Waals surface area contributed by atoms with Gasteiger partial charge in [-0.05, 0) is 6.07 Å². The van der Waals surface area contributed by atoms with Gasteiger partial charge in [-0.15, -0.1) is 0 Å². The van der Waals surface area contributed by atoms with E-state index in [1.807, 2.05) is 0 Å². The Bertz CT molecular complexity index is 669. The SMILES string of the molecule is O=C(Nc1nn(Cc2ccccc2F)cc1Cl)C(F)(F)F. The second kappa shape index (κ2) is 5.72. The summed E-state index contributed by atoms with van der Waals surface area (Å²) in [4.78, 5) is 10.8. The summed E-state index contributed by atoms with van der Waals surface area (Å²) in [6, 6.07) is 5.85. The molecule has 9 heteroatoms. The van der Waals surface area contributed by atoms with Crippen molar-refractivity contribution in [3.63, 3.8) is 0 Å². The van der Waals surface area contributed by atoms with E-state index in [1.54, 1.807) is 11.4 Å². The number of carbonyl (C=O) groups is 1. The van der Waals surface area contributed by atoms with Crippen LogP contribution in [0.5, 0.6) is 0 Å². The lowest BCUT2D eigenvalue weighted by Gasteiger charge is -2.05. The lowest BCUT2D eigenvalue weighted by Crippen LogP contribution is -2.30. The maximum Gasteiger partial charge on any atom is 0.471 e. The van der Waals surface area contributed by atoms with Crippen LogP contribution in [-0.4, -0.2) is 21.9 Å². The summed E-state index contributed by atoms with van der Waals surface area (Å²) in [5.41, 5.74) is 0.283. The topological polar surface area (TPSA) is 46.9 Å². The van der Waals surface area contributed by atoms with E-state index >= 15 is 0 Å². The van der Waals surface area contributed by atoms with E-state index in [4.69, 9.17) is 11.6 Å². The Hall–Kier alpha value is -2.09. The molecule has 4 nitrogen and oxygen atoms in total. The molecule has 0 atom stereocenters. The van der Waals surface area contributed by atoms with Crippen molar-refractivity contribution in [3.05, 3.63) is 46.9 Å². The number of hydrogen-bond acceptors (Lipinski definition) is 2. The van der Waals surface area contributed by atoms with Crippen molar-refractivity contribution in [3.8, 4) is 0 Å². The van der Waals surface area contributed by atoms with E-state index < -0.39 is 23.7 Å². The minimum absolute atomic E-state index is 0.0335. The molecule has 1 heterocycles. The number of nitrogens with one attached hydrogen (secondary N) is 1. The molecule has 112 valence electrons. The van der Waals surface area contributed by atoms with Crippen molar-refractivity contribution >= 4 is 23.3 Å². The summed E-state index contributed by atoms with van der Waals surface area (Å²) < 4.78 is 51.0. The smallest absolute Gasteiger partial charge is 0.300 e. The number of benzene rings is 1. The van der Waals surface area contributed by atoms with Crippen molar-refractivity contribution in [2.75, 3.05) is 5.32 Å². The van der Waals surface area contributed by atoms with E-state index in [9.17, 15) is 22.4 Å². The first-order valence-corrected chi connectivity index (χ1v) is 5.99. The predicted octanol–water partition coefficient (Wildman–Crippen LogP) is 3.22. The molecular weight excluding hydrogens is 314 g/mol. The van der Waals surface area contributed by atoms with Gasteiger partial charge in [0, 0.05) is 11.8 Å². The summed E-state index contributed by atoms with van der Waals surface area (Å²) in [7, 11) is 0. The molecule has 0 fully saturated rings. The van der Waals surface area contributed by atoms with Gasteiger partial charge >= 0.3 is 12.1 Å². The van der Waals surface area contributed by atoms with Gasteiger partial charge in [0.15, 0.2) is 5.82 Å². The summed E-state index contributed by atoms with van der Waals surface area (Å²) in [6.07, 6.45) is -3.85. The highest BCUT2D eigenvalue weighted by atomic mass is 35.5. The summed E-state index contributed by atoms with van der Waals surface area (Å²) >= 11 is 5.69. The molecule has 1 aromatic heterocycles. The van der Waals surface area contributed by atoms with Crippen molar-refractivity contribution < 1.29 is 22.4 Å². The van der Waals surface area contributed by atoms with Crippen LogP contribution in [0.2, 0.25) is 5.02 Å². The van der Waals surface area contributed by atoms with E-state index in [-0.39, 0.29) is 17.1 Å². The number of halogens is 5. The number of rotatable bonds is 3. The number of hydrogen-bond donors (Lipinski definition) is 1. The van der Waals surface area contributed by atoms with Gasteiger partial charge in [0.25, 0.3) is 0 Å². The van der Waals surface area contributed by atoms with Crippen LogP contribution >= 0.6 is 11.6 Å². The first-order valence-electron chi connectivity index (χ1n) is 5.62. The van der Waals surface area contributed by atoms with E-state index in [1.165, 1.54) is 24.4 Å². The molecule has 0 aliphatic rings. The van der Waals surface area contributed by atoms with Gasteiger partial charge < -0.3 is 5.32 Å². The maximum absolute atomic E-state index is 13.5. The normalized spacial score (nSPS) is 11.5. The third kappa shape index (κ3) is 3.72. The van der Waals surface area contributed by atoms with Gasteiger partial charge in [-0.25, -0.2) is 4.39 Å². The average Bonchev–Trinajstić information content (AvgIpc) is 2.71. The molecule has 1 aromatic carbocycles. The molecule has 0 radical (unpaired) electrons. The second-order valence-corrected chi connectivity index (χ2v) is 4.47. The van der Waals surface area contributed by atoms with E-state index in [0.717, 1.165) is 4.68 Å². The van der Waals surface area contributed by atoms with Crippen LogP contribution in [0.3, 0.4) is 0 Å². The monoisotopic (exact) mass is 321 g/mol. The molecule has 0 unspecified atom stereocenters. The summed E-state index contributed by atoms with van der Waals surface area (Å²) in [5.74, 6) is -3.10. The Kier molecular flexibility index (Phi) is 4.17. The lowest BCUT2D eigenvalue weighted by molar-refractivity contribution is -0.167. The maximum atomic E-state index is 13.5. The van der Waals surface area contributed by atoms with Crippen LogP contribution in [0.15, 0.2) is 30.5 Å². The molecule has 0 aliphatic heterocycles. The molecule has 0 aliphatic carbocycles. The largest absolute Gasteiger partial charge is 0.471 e. The van der Waals surface area contributed by atoms with Gasteiger partial charge in [0.1, 0.15) is 10.8 Å².